The molecule has 0 aromatic heterocycles. The minimum absolute atomic E-state index is 0.238. The summed E-state index contributed by atoms with van der Waals surface area (Å²) in [6.45, 7) is 7.93. The van der Waals surface area contributed by atoms with Crippen LogP contribution in [-0.4, -0.2) is 77.2 Å². The first-order valence-corrected chi connectivity index (χ1v) is 16.7. The minimum Gasteiger partial charge on any atom is -0.333 e. The van der Waals surface area contributed by atoms with Crippen molar-refractivity contribution < 1.29 is 4.79 Å². The van der Waals surface area contributed by atoms with Gasteiger partial charge in [0.25, 0.3) is 0 Å². The molecule has 44 heavy (non-hydrogen) atoms. The van der Waals surface area contributed by atoms with Gasteiger partial charge in [-0.15, -0.1) is 0 Å². The Morgan fingerprint density at radius 3 is 2.00 bits per heavy atom. The molecule has 5 heteroatoms. The van der Waals surface area contributed by atoms with Crippen molar-refractivity contribution in [3.63, 3.8) is 0 Å². The summed E-state index contributed by atoms with van der Waals surface area (Å²) >= 11 is 0. The number of allylic oxidation sites excluding steroid dienone is 1. The topological polar surface area (TPSA) is 39.2 Å². The zero-order valence-electron chi connectivity index (χ0n) is 26.4. The van der Waals surface area contributed by atoms with Gasteiger partial charge in [-0.05, 0) is 55.5 Å². The first-order valence-electron chi connectivity index (χ1n) is 16.7. The van der Waals surface area contributed by atoms with Gasteiger partial charge in [0.1, 0.15) is 5.54 Å². The molecule has 3 aromatic rings. The van der Waals surface area contributed by atoms with Gasteiger partial charge in [-0.3, -0.25) is 14.7 Å². The summed E-state index contributed by atoms with van der Waals surface area (Å²) in [4.78, 5) is 27.0. The summed E-state index contributed by atoms with van der Waals surface area (Å²) in [7, 11) is 0. The lowest BCUT2D eigenvalue weighted by Crippen LogP contribution is -2.66. The second-order valence-corrected chi connectivity index (χ2v) is 12.9. The van der Waals surface area contributed by atoms with Crippen LogP contribution < -0.4 is 0 Å². The lowest BCUT2D eigenvalue weighted by Gasteiger charge is -2.48. The average molecular weight is 589 g/mol. The number of hydrogen-bond donors (Lipinski definition) is 0. The minimum atomic E-state index is -0.714. The van der Waals surface area contributed by atoms with E-state index < -0.39 is 5.54 Å². The van der Waals surface area contributed by atoms with Crippen LogP contribution in [0.1, 0.15) is 68.1 Å². The Bertz CT molecular complexity index is 1350. The molecule has 3 aliphatic rings. The van der Waals surface area contributed by atoms with Crippen molar-refractivity contribution in [3.8, 4) is 0 Å². The molecule has 1 unspecified atom stereocenters. The van der Waals surface area contributed by atoms with Gasteiger partial charge >= 0.3 is 0 Å². The van der Waals surface area contributed by atoms with Crippen LogP contribution in [0.4, 0.5) is 0 Å². The Morgan fingerprint density at radius 1 is 0.841 bits per heavy atom. The van der Waals surface area contributed by atoms with E-state index in [9.17, 15) is 4.79 Å². The smallest absolute Gasteiger partial charge is 0.249 e. The van der Waals surface area contributed by atoms with Crippen molar-refractivity contribution in [1.29, 1.82) is 0 Å². The molecule has 2 fully saturated rings. The Kier molecular flexibility index (Phi) is 10.0. The summed E-state index contributed by atoms with van der Waals surface area (Å²) in [5.41, 5.74) is 4.26. The predicted octanol–water partition coefficient (Wildman–Crippen LogP) is 6.96. The second kappa shape index (κ2) is 14.5. The number of carbonyl (C=O) groups excluding carboxylic acids is 1. The summed E-state index contributed by atoms with van der Waals surface area (Å²) in [6.07, 6.45) is 11.2. The Hall–Kier alpha value is -3.54. The first kappa shape index (κ1) is 30.5. The van der Waals surface area contributed by atoms with E-state index in [0.717, 1.165) is 57.7 Å². The van der Waals surface area contributed by atoms with Crippen molar-refractivity contribution in [2.24, 2.45) is 4.99 Å². The lowest BCUT2D eigenvalue weighted by molar-refractivity contribution is -0.146. The van der Waals surface area contributed by atoms with E-state index in [-0.39, 0.29) is 5.91 Å². The Labute approximate surface area is 264 Å². The molecule has 0 radical (unpaired) electrons. The summed E-state index contributed by atoms with van der Waals surface area (Å²) in [5, 5.41) is 0. The van der Waals surface area contributed by atoms with Gasteiger partial charge in [0, 0.05) is 50.4 Å². The number of carbonyl (C=O) groups is 1. The Balaban J connectivity index is 1.17. The number of piperazine rings is 1. The van der Waals surface area contributed by atoms with E-state index in [4.69, 9.17) is 4.99 Å². The van der Waals surface area contributed by atoms with Crippen LogP contribution in [0.25, 0.3) is 0 Å². The molecule has 2 aliphatic heterocycles. The van der Waals surface area contributed by atoms with Crippen molar-refractivity contribution in [2.45, 2.75) is 69.5 Å². The first-order chi connectivity index (χ1) is 21.6. The number of dihydropyridines is 1. The number of rotatable bonds is 10. The van der Waals surface area contributed by atoms with Crippen LogP contribution in [0.2, 0.25) is 0 Å². The third-order valence-corrected chi connectivity index (χ3v) is 10.1. The van der Waals surface area contributed by atoms with Gasteiger partial charge in [0.15, 0.2) is 0 Å². The maximum atomic E-state index is 14.9. The molecule has 1 saturated carbocycles. The molecule has 5 nitrogen and oxygen atoms in total. The Morgan fingerprint density at radius 2 is 1.43 bits per heavy atom. The van der Waals surface area contributed by atoms with Crippen LogP contribution >= 0.6 is 0 Å². The number of benzene rings is 3. The second-order valence-electron chi connectivity index (χ2n) is 12.9. The van der Waals surface area contributed by atoms with Crippen LogP contribution in [0.5, 0.6) is 0 Å². The molecule has 230 valence electrons. The summed E-state index contributed by atoms with van der Waals surface area (Å²) in [6, 6.07) is 32.7. The molecular formula is C39H48N4O. The largest absolute Gasteiger partial charge is 0.333 e. The molecule has 6 rings (SSSR count). The van der Waals surface area contributed by atoms with Crippen LogP contribution in [0, 0.1) is 0 Å². The third kappa shape index (κ3) is 7.06. The zero-order valence-corrected chi connectivity index (χ0v) is 26.4. The number of aliphatic imine (C=N–C) groups is 1. The highest BCUT2D eigenvalue weighted by atomic mass is 16.2. The van der Waals surface area contributed by atoms with E-state index in [1.807, 2.05) is 6.92 Å². The normalized spacial score (nSPS) is 21.7. The molecular weight excluding hydrogens is 540 g/mol. The highest BCUT2D eigenvalue weighted by molar-refractivity contribution is 5.98. The van der Waals surface area contributed by atoms with Crippen molar-refractivity contribution >= 4 is 11.6 Å². The maximum absolute atomic E-state index is 14.9. The molecule has 2 heterocycles. The quantitative estimate of drug-likeness (QED) is 0.257. The van der Waals surface area contributed by atoms with Crippen LogP contribution in [0.3, 0.4) is 0 Å². The van der Waals surface area contributed by atoms with E-state index in [1.165, 1.54) is 36.0 Å². The number of amides is 1. The lowest BCUT2D eigenvalue weighted by atomic mass is 9.87. The van der Waals surface area contributed by atoms with Crippen LogP contribution in [-0.2, 0) is 11.3 Å². The monoisotopic (exact) mass is 588 g/mol. The van der Waals surface area contributed by atoms with Crippen molar-refractivity contribution in [1.82, 2.24) is 14.7 Å². The molecule has 0 bridgehead atoms. The van der Waals surface area contributed by atoms with Gasteiger partial charge in [0.05, 0.1) is 6.54 Å². The van der Waals surface area contributed by atoms with Gasteiger partial charge in [-0.25, -0.2) is 0 Å². The summed E-state index contributed by atoms with van der Waals surface area (Å²) in [5.74, 6) is 0.617. The van der Waals surface area contributed by atoms with E-state index >= 15 is 0 Å². The number of nitrogens with zero attached hydrogens (tertiary/aromatic N) is 4. The summed E-state index contributed by atoms with van der Waals surface area (Å²) < 4.78 is 0. The molecule has 1 amide bonds. The van der Waals surface area contributed by atoms with E-state index in [0.29, 0.717) is 25.0 Å². The third-order valence-electron chi connectivity index (χ3n) is 10.1. The van der Waals surface area contributed by atoms with Gasteiger partial charge in [-0.2, -0.15) is 0 Å². The standard InChI is InChI=1S/C39H48N4O/c1-32-22-24-39(31-40-32,38(44)43(36-20-12-5-13-21-36)30-33-14-6-2-7-15-33)42-28-26-41(27-29-42)25-23-37(34-16-8-3-9-17-34)35-18-10-4-11-19-35/h2-4,6-11,14-19,22,24,36-37H,5,12-13,20-21,23,25-31H2,1H3. The van der Waals surface area contributed by atoms with Gasteiger partial charge in [-0.1, -0.05) is 116 Å². The average Bonchev–Trinajstić information content (AvgIpc) is 3.10. The van der Waals surface area contributed by atoms with Gasteiger partial charge < -0.3 is 9.80 Å². The fourth-order valence-corrected chi connectivity index (χ4v) is 7.46. The molecule has 1 aliphatic carbocycles. The highest BCUT2D eigenvalue weighted by Crippen LogP contribution is 2.33. The van der Waals surface area contributed by atoms with Gasteiger partial charge in [0.2, 0.25) is 5.91 Å². The highest BCUT2D eigenvalue weighted by Gasteiger charge is 2.47. The molecule has 0 spiro atoms. The van der Waals surface area contributed by atoms with E-state index in [1.54, 1.807) is 0 Å². The van der Waals surface area contributed by atoms with Crippen LogP contribution in [0.15, 0.2) is 108 Å². The predicted molar refractivity (Wildman–Crippen MR) is 181 cm³/mol. The fourth-order valence-electron chi connectivity index (χ4n) is 7.46. The maximum Gasteiger partial charge on any atom is 0.249 e. The van der Waals surface area contributed by atoms with E-state index in [2.05, 4.69) is 118 Å². The molecule has 3 aromatic carbocycles. The fraction of sp³-hybridized carbons (Fsp3) is 0.436. The van der Waals surface area contributed by atoms with Crippen molar-refractivity contribution in [2.75, 3.05) is 39.3 Å². The molecule has 1 atom stereocenters. The zero-order chi connectivity index (χ0) is 30.2. The molecule has 0 N–H and O–H groups in total. The SMILES string of the molecule is CC1=NCC(C(=O)N(Cc2ccccc2)C2CCCCC2)(N2CCN(CCC(c3ccccc3)c3ccccc3)CC2)C=C1. The number of hydrogen-bond acceptors (Lipinski definition) is 4. The van der Waals surface area contributed by atoms with Crippen molar-refractivity contribution in [3.05, 3.63) is 120 Å². The molecule has 1 saturated heterocycles.